The van der Waals surface area contributed by atoms with E-state index >= 15 is 0 Å². The van der Waals surface area contributed by atoms with Crippen LogP contribution in [0, 0.1) is 0 Å². The van der Waals surface area contributed by atoms with Gasteiger partial charge in [-0.05, 0) is 17.2 Å². The Morgan fingerprint density at radius 2 is 2.44 bits per heavy atom. The molecule has 0 spiro atoms. The molecule has 2 heterocycles. The van der Waals surface area contributed by atoms with Crippen LogP contribution in [0.1, 0.15) is 25.5 Å². The molecule has 2 aliphatic rings. The molecule has 2 atom stereocenters. The summed E-state index contributed by atoms with van der Waals surface area (Å²) in [4.78, 5) is 10.9. The van der Waals surface area contributed by atoms with E-state index in [4.69, 9.17) is 10.8 Å². The maximum absolute atomic E-state index is 10.9. The summed E-state index contributed by atoms with van der Waals surface area (Å²) >= 11 is 0. The van der Waals surface area contributed by atoms with Crippen LogP contribution in [-0.4, -0.2) is 12.6 Å². The van der Waals surface area contributed by atoms with Crippen molar-refractivity contribution in [1.29, 1.82) is 0 Å². The Balaban J connectivity index is 2.03. The van der Waals surface area contributed by atoms with Gasteiger partial charge in [0.25, 0.3) is 0 Å². The van der Waals surface area contributed by atoms with Gasteiger partial charge in [0.15, 0.2) is 0 Å². The van der Waals surface area contributed by atoms with Crippen LogP contribution < -0.4 is 0 Å². The number of fused-ring (bicyclic) bond motifs is 5. The average Bonchev–Trinajstić information content (AvgIpc) is 2.78. The third-order valence-corrected chi connectivity index (χ3v) is 2.93. The van der Waals surface area contributed by atoms with Crippen molar-refractivity contribution in [1.82, 2.24) is 0 Å². The van der Waals surface area contributed by atoms with E-state index in [1.807, 2.05) is 30.3 Å². The van der Waals surface area contributed by atoms with Crippen molar-refractivity contribution in [3.05, 3.63) is 47.5 Å². The molecule has 0 amide bonds. The monoisotopic (exact) mass is 217 g/mol. The first kappa shape index (κ1) is 8.53. The van der Waals surface area contributed by atoms with Crippen molar-refractivity contribution < 1.29 is 15.6 Å². The predicted octanol–water partition coefficient (Wildman–Crippen LogP) is 2.09. The minimum Gasteiger partial charge on any atom is -0.462 e. The van der Waals surface area contributed by atoms with Gasteiger partial charge in [-0.15, -0.1) is 0 Å². The van der Waals surface area contributed by atoms with E-state index in [-0.39, 0.29) is 12.6 Å². The molecule has 0 fully saturated rings. The highest BCUT2D eigenvalue weighted by atomic mass is 16.6. The molecule has 0 unspecified atom stereocenters. The minimum atomic E-state index is -1.13. The van der Waals surface area contributed by atoms with Crippen molar-refractivity contribution in [3.63, 3.8) is 0 Å². The van der Waals surface area contributed by atoms with Crippen LogP contribution in [-0.2, 0) is 19.9 Å². The summed E-state index contributed by atoms with van der Waals surface area (Å²) in [5.74, 6) is -0.344. The normalized spacial score (nSPS) is 34.7. The van der Waals surface area contributed by atoms with E-state index in [0.717, 1.165) is 11.1 Å². The highest BCUT2D eigenvalue weighted by molar-refractivity contribution is 5.66. The Morgan fingerprint density at radius 1 is 1.62 bits per heavy atom. The molecule has 3 heteroatoms. The molecule has 2 aliphatic heterocycles. The molecule has 1 aromatic carbocycles. The molecule has 0 radical (unpaired) electrons. The standard InChI is InChI=1S/C13H12O3/c1-9(14)15-8-13-7-6-12(16-13)10-4-2-3-5-11(10)13/h2-7,12H,8H2,1H3/t12-,13-/m0/s1/i12D. The third kappa shape index (κ3) is 1.21. The van der Waals surface area contributed by atoms with E-state index < -0.39 is 11.7 Å². The molecule has 0 aromatic heterocycles. The number of hydrogen-bond acceptors (Lipinski definition) is 3. The highest BCUT2D eigenvalue weighted by Crippen LogP contribution is 2.50. The molecule has 0 saturated carbocycles. The summed E-state index contributed by atoms with van der Waals surface area (Å²) in [7, 11) is 0. The smallest absolute Gasteiger partial charge is 0.302 e. The van der Waals surface area contributed by atoms with Crippen molar-refractivity contribution in [2.75, 3.05) is 6.61 Å². The number of benzene rings is 1. The molecule has 2 bridgehead atoms. The number of rotatable bonds is 2. The Morgan fingerprint density at radius 3 is 3.25 bits per heavy atom. The number of ether oxygens (including phenoxy) is 2. The van der Waals surface area contributed by atoms with Gasteiger partial charge in [0.2, 0.25) is 0 Å². The summed E-state index contributed by atoms with van der Waals surface area (Å²) < 4.78 is 19.0. The van der Waals surface area contributed by atoms with Gasteiger partial charge in [0, 0.05) is 6.92 Å². The lowest BCUT2D eigenvalue weighted by molar-refractivity contribution is -0.149. The van der Waals surface area contributed by atoms with Crippen LogP contribution in [0.3, 0.4) is 0 Å². The number of carbonyl (C=O) groups is 1. The fraction of sp³-hybridized carbons (Fsp3) is 0.308. The van der Waals surface area contributed by atoms with Crippen LogP contribution in [0.5, 0.6) is 0 Å². The first-order valence-electron chi connectivity index (χ1n) is 5.70. The molecule has 0 N–H and O–H groups in total. The highest BCUT2D eigenvalue weighted by Gasteiger charge is 2.47. The lowest BCUT2D eigenvalue weighted by Gasteiger charge is -2.23. The lowest BCUT2D eigenvalue weighted by atomic mass is 9.88. The zero-order valence-corrected chi connectivity index (χ0v) is 8.90. The Hall–Kier alpha value is -1.61. The Bertz CT molecular complexity index is 525. The summed E-state index contributed by atoms with van der Waals surface area (Å²) in [5, 5.41) is 0. The first-order valence-corrected chi connectivity index (χ1v) is 5.20. The van der Waals surface area contributed by atoms with Crippen molar-refractivity contribution >= 4 is 5.97 Å². The lowest BCUT2D eigenvalue weighted by Crippen LogP contribution is -2.28. The molecule has 0 aliphatic carbocycles. The second kappa shape index (κ2) is 3.19. The number of carbonyl (C=O) groups excluding carboxylic acids is 1. The van der Waals surface area contributed by atoms with Crippen LogP contribution in [0.15, 0.2) is 36.4 Å². The van der Waals surface area contributed by atoms with E-state index in [2.05, 4.69) is 0 Å². The molecular weight excluding hydrogens is 204 g/mol. The third-order valence-electron chi connectivity index (χ3n) is 2.93. The summed E-state index contributed by atoms with van der Waals surface area (Å²) in [6.45, 7) is 1.49. The van der Waals surface area contributed by atoms with Crippen LogP contribution >= 0.6 is 0 Å². The Kier molecular flexibility index (Phi) is 1.70. The van der Waals surface area contributed by atoms with Crippen LogP contribution in [0.2, 0.25) is 0 Å². The van der Waals surface area contributed by atoms with Crippen LogP contribution in [0.4, 0.5) is 0 Å². The van der Waals surface area contributed by atoms with Gasteiger partial charge >= 0.3 is 5.97 Å². The summed E-state index contributed by atoms with van der Waals surface area (Å²) in [6, 6.07) is 7.57. The van der Waals surface area contributed by atoms with Crippen molar-refractivity contribution in [3.8, 4) is 0 Å². The molecule has 1 aromatic rings. The number of esters is 1. The van der Waals surface area contributed by atoms with Gasteiger partial charge in [0.05, 0.1) is 1.37 Å². The molecule has 82 valence electrons. The largest absolute Gasteiger partial charge is 0.462 e. The van der Waals surface area contributed by atoms with Gasteiger partial charge in [-0.3, -0.25) is 4.79 Å². The fourth-order valence-electron chi connectivity index (χ4n) is 2.20. The molecule has 16 heavy (non-hydrogen) atoms. The van der Waals surface area contributed by atoms with E-state index in [0.29, 0.717) is 0 Å². The first-order chi connectivity index (χ1) is 8.06. The van der Waals surface area contributed by atoms with Gasteiger partial charge < -0.3 is 9.47 Å². The van der Waals surface area contributed by atoms with Crippen molar-refractivity contribution in [2.45, 2.75) is 18.6 Å². The van der Waals surface area contributed by atoms with E-state index in [1.165, 1.54) is 6.92 Å². The van der Waals surface area contributed by atoms with E-state index in [9.17, 15) is 4.79 Å². The summed E-state index contributed by atoms with van der Waals surface area (Å²) in [5.41, 5.74) is 0.970. The van der Waals surface area contributed by atoms with Crippen LogP contribution in [0.25, 0.3) is 0 Å². The molecule has 3 rings (SSSR count). The molecule has 0 saturated heterocycles. The van der Waals surface area contributed by atoms with Gasteiger partial charge in [-0.1, -0.05) is 30.3 Å². The maximum atomic E-state index is 10.9. The molecular formula is C13H12O3. The average molecular weight is 217 g/mol. The van der Waals surface area contributed by atoms with Gasteiger partial charge in [-0.2, -0.15) is 0 Å². The van der Waals surface area contributed by atoms with Gasteiger partial charge in [-0.25, -0.2) is 0 Å². The molecule has 3 nitrogen and oxygen atoms in total. The topological polar surface area (TPSA) is 35.5 Å². The van der Waals surface area contributed by atoms with Gasteiger partial charge in [0.1, 0.15) is 18.3 Å². The minimum absolute atomic E-state index is 0.122. The second-order valence-electron chi connectivity index (χ2n) is 4.01. The van der Waals surface area contributed by atoms with Crippen molar-refractivity contribution in [2.24, 2.45) is 0 Å². The maximum Gasteiger partial charge on any atom is 0.302 e. The fourth-order valence-corrected chi connectivity index (χ4v) is 2.20. The Labute approximate surface area is 95.1 Å². The predicted molar refractivity (Wildman–Crippen MR) is 57.7 cm³/mol. The zero-order valence-electron chi connectivity index (χ0n) is 9.90. The quantitative estimate of drug-likeness (QED) is 0.562. The van der Waals surface area contributed by atoms with E-state index in [1.54, 1.807) is 6.08 Å². The number of hydrogen-bond donors (Lipinski definition) is 0. The SMILES string of the molecule is [2H][C@@]12C=C[C@@](COC(C)=O)(O1)c1ccccc12. The zero-order chi connectivity index (χ0) is 12.1. The summed E-state index contributed by atoms with van der Waals surface area (Å²) in [6.07, 6.45) is 2.39. The second-order valence-corrected chi connectivity index (χ2v) is 4.01.